The smallest absolute Gasteiger partial charge is 0.253 e. The van der Waals surface area contributed by atoms with Gasteiger partial charge in [-0.3, -0.25) is 9.59 Å². The monoisotopic (exact) mass is 425 g/mol. The third-order valence-electron chi connectivity index (χ3n) is 4.92. The van der Waals surface area contributed by atoms with Gasteiger partial charge in [0.05, 0.1) is 17.4 Å². The van der Waals surface area contributed by atoms with Crippen LogP contribution in [-0.4, -0.2) is 16.8 Å². The van der Waals surface area contributed by atoms with Crippen molar-refractivity contribution in [3.8, 4) is 11.3 Å². The average molecular weight is 425 g/mol. The van der Waals surface area contributed by atoms with Crippen molar-refractivity contribution in [2.45, 2.75) is 19.4 Å². The second-order valence-corrected chi connectivity index (χ2v) is 7.25. The summed E-state index contributed by atoms with van der Waals surface area (Å²) in [6.45, 7) is 0.413. The van der Waals surface area contributed by atoms with Crippen molar-refractivity contribution in [1.29, 1.82) is 0 Å². The average Bonchev–Trinajstić information content (AvgIpc) is 3.32. The molecular formula is C26H23N3O3. The fraction of sp³-hybridized carbons (Fsp3) is 0.115. The first kappa shape index (κ1) is 21.1. The van der Waals surface area contributed by atoms with E-state index in [2.05, 4.69) is 15.6 Å². The van der Waals surface area contributed by atoms with Crippen molar-refractivity contribution in [3.05, 3.63) is 108 Å². The number of rotatable bonds is 8. The molecule has 0 aliphatic rings. The van der Waals surface area contributed by atoms with E-state index in [1.54, 1.807) is 30.5 Å². The van der Waals surface area contributed by atoms with E-state index in [0.29, 0.717) is 35.9 Å². The van der Waals surface area contributed by atoms with E-state index < -0.39 is 0 Å². The van der Waals surface area contributed by atoms with E-state index in [4.69, 9.17) is 4.42 Å². The Morgan fingerprint density at radius 1 is 0.844 bits per heavy atom. The molecule has 0 spiro atoms. The molecule has 3 aromatic carbocycles. The summed E-state index contributed by atoms with van der Waals surface area (Å²) in [6, 6.07) is 26.3. The van der Waals surface area contributed by atoms with Crippen LogP contribution in [0.15, 0.2) is 95.5 Å². The molecule has 2 amide bonds. The molecule has 6 nitrogen and oxygen atoms in total. The van der Waals surface area contributed by atoms with E-state index in [9.17, 15) is 9.59 Å². The number of hydrogen-bond acceptors (Lipinski definition) is 4. The van der Waals surface area contributed by atoms with E-state index in [0.717, 1.165) is 11.1 Å². The third-order valence-corrected chi connectivity index (χ3v) is 4.92. The Bertz CT molecular complexity index is 1190. The number of benzene rings is 3. The highest BCUT2D eigenvalue weighted by Crippen LogP contribution is 2.21. The molecule has 4 aromatic rings. The number of anilines is 1. The first-order valence-corrected chi connectivity index (χ1v) is 10.4. The minimum Gasteiger partial charge on any atom is -0.441 e. The fourth-order valence-electron chi connectivity index (χ4n) is 3.26. The number of aromatic nitrogens is 1. The Hall–Kier alpha value is -4.19. The van der Waals surface area contributed by atoms with Gasteiger partial charge in [-0.25, -0.2) is 4.98 Å². The van der Waals surface area contributed by atoms with Gasteiger partial charge in [0, 0.05) is 24.9 Å². The maximum atomic E-state index is 12.6. The van der Waals surface area contributed by atoms with Gasteiger partial charge in [0.2, 0.25) is 5.91 Å². The number of carbonyl (C=O) groups is 2. The lowest BCUT2D eigenvalue weighted by Gasteiger charge is -2.11. The molecule has 0 saturated carbocycles. The molecule has 6 heteroatoms. The number of oxazole rings is 1. The summed E-state index contributed by atoms with van der Waals surface area (Å²) in [6.07, 6.45) is 2.21. The molecule has 0 unspecified atom stereocenters. The van der Waals surface area contributed by atoms with Crippen LogP contribution in [0.5, 0.6) is 0 Å². The van der Waals surface area contributed by atoms with Gasteiger partial charge in [-0.2, -0.15) is 0 Å². The number of amides is 2. The van der Waals surface area contributed by atoms with Crippen molar-refractivity contribution < 1.29 is 14.0 Å². The van der Waals surface area contributed by atoms with Crippen LogP contribution >= 0.6 is 0 Å². The standard InChI is InChI=1S/C26H23N3O3/c30-24(15-16-25-27-18-23(32-25)20-11-5-2-6-12-20)29-22-14-8-7-13-21(22)26(31)28-17-19-9-3-1-4-10-19/h1-14,18H,15-17H2,(H,28,31)(H,29,30). The van der Waals surface area contributed by atoms with Gasteiger partial charge in [0.15, 0.2) is 11.7 Å². The minimum absolute atomic E-state index is 0.189. The molecule has 0 radical (unpaired) electrons. The Morgan fingerprint density at radius 3 is 2.31 bits per heavy atom. The summed E-state index contributed by atoms with van der Waals surface area (Å²) in [7, 11) is 0. The molecule has 0 aliphatic heterocycles. The van der Waals surface area contributed by atoms with Crippen molar-refractivity contribution in [3.63, 3.8) is 0 Å². The molecule has 1 aromatic heterocycles. The van der Waals surface area contributed by atoms with Crippen LogP contribution in [0.4, 0.5) is 5.69 Å². The summed E-state index contributed by atoms with van der Waals surface area (Å²) in [5, 5.41) is 5.72. The number of aryl methyl sites for hydroxylation is 1. The molecule has 32 heavy (non-hydrogen) atoms. The van der Waals surface area contributed by atoms with Crippen LogP contribution in [0, 0.1) is 0 Å². The van der Waals surface area contributed by atoms with E-state index in [1.807, 2.05) is 60.7 Å². The first-order chi connectivity index (χ1) is 15.7. The van der Waals surface area contributed by atoms with Gasteiger partial charge < -0.3 is 15.1 Å². The molecule has 0 saturated heterocycles. The molecule has 1 heterocycles. The van der Waals surface area contributed by atoms with Crippen molar-refractivity contribution in [1.82, 2.24) is 10.3 Å². The van der Waals surface area contributed by atoms with Crippen LogP contribution in [0.1, 0.15) is 28.2 Å². The number of hydrogen-bond donors (Lipinski definition) is 2. The Balaban J connectivity index is 1.33. The molecule has 0 aliphatic carbocycles. The third kappa shape index (κ3) is 5.49. The van der Waals surface area contributed by atoms with Gasteiger partial charge >= 0.3 is 0 Å². The SMILES string of the molecule is O=C(CCc1ncc(-c2ccccc2)o1)Nc1ccccc1C(=O)NCc1ccccc1. The van der Waals surface area contributed by atoms with Crippen molar-refractivity contribution in [2.24, 2.45) is 0 Å². The number of para-hydroxylation sites is 1. The topological polar surface area (TPSA) is 84.2 Å². The molecule has 2 N–H and O–H groups in total. The highest BCUT2D eigenvalue weighted by molar-refractivity contribution is 6.03. The number of nitrogens with one attached hydrogen (secondary N) is 2. The molecule has 0 bridgehead atoms. The zero-order valence-corrected chi connectivity index (χ0v) is 17.5. The summed E-state index contributed by atoms with van der Waals surface area (Å²) < 4.78 is 5.75. The van der Waals surface area contributed by atoms with Gasteiger partial charge in [-0.05, 0) is 17.7 Å². The van der Waals surface area contributed by atoms with Gasteiger partial charge in [0.1, 0.15) is 0 Å². The predicted octanol–water partition coefficient (Wildman–Crippen LogP) is 4.84. The Kier molecular flexibility index (Phi) is 6.72. The largest absolute Gasteiger partial charge is 0.441 e. The van der Waals surface area contributed by atoms with Gasteiger partial charge in [-0.15, -0.1) is 0 Å². The number of nitrogens with zero attached hydrogens (tertiary/aromatic N) is 1. The molecule has 160 valence electrons. The van der Waals surface area contributed by atoms with Crippen LogP contribution in [0.2, 0.25) is 0 Å². The van der Waals surface area contributed by atoms with Crippen LogP contribution in [0.3, 0.4) is 0 Å². The van der Waals surface area contributed by atoms with E-state index >= 15 is 0 Å². The van der Waals surface area contributed by atoms with Crippen LogP contribution in [-0.2, 0) is 17.8 Å². The minimum atomic E-state index is -0.245. The summed E-state index contributed by atoms with van der Waals surface area (Å²) in [4.78, 5) is 29.4. The summed E-state index contributed by atoms with van der Waals surface area (Å²) in [5.41, 5.74) is 2.83. The van der Waals surface area contributed by atoms with Gasteiger partial charge in [-0.1, -0.05) is 72.8 Å². The lowest BCUT2D eigenvalue weighted by molar-refractivity contribution is -0.116. The number of carbonyl (C=O) groups excluding carboxylic acids is 2. The summed E-state index contributed by atoms with van der Waals surface area (Å²) in [5.74, 6) is 0.701. The highest BCUT2D eigenvalue weighted by Gasteiger charge is 2.14. The van der Waals surface area contributed by atoms with Crippen LogP contribution in [0.25, 0.3) is 11.3 Å². The highest BCUT2D eigenvalue weighted by atomic mass is 16.4. The van der Waals surface area contributed by atoms with Crippen molar-refractivity contribution >= 4 is 17.5 Å². The lowest BCUT2D eigenvalue weighted by Crippen LogP contribution is -2.24. The van der Waals surface area contributed by atoms with Crippen LogP contribution < -0.4 is 10.6 Å². The van der Waals surface area contributed by atoms with Gasteiger partial charge in [0.25, 0.3) is 5.91 Å². The predicted molar refractivity (Wildman–Crippen MR) is 123 cm³/mol. The molecular weight excluding hydrogens is 402 g/mol. The quantitative estimate of drug-likeness (QED) is 0.423. The maximum absolute atomic E-state index is 12.6. The fourth-order valence-corrected chi connectivity index (χ4v) is 3.26. The zero-order valence-electron chi connectivity index (χ0n) is 17.5. The van der Waals surface area contributed by atoms with Crippen molar-refractivity contribution in [2.75, 3.05) is 5.32 Å². The second-order valence-electron chi connectivity index (χ2n) is 7.25. The Labute approximate surface area is 186 Å². The normalized spacial score (nSPS) is 10.5. The second kappa shape index (κ2) is 10.2. The van der Waals surface area contributed by atoms with E-state index in [1.165, 1.54) is 0 Å². The molecule has 0 fully saturated rings. The lowest BCUT2D eigenvalue weighted by atomic mass is 10.1. The first-order valence-electron chi connectivity index (χ1n) is 10.4. The van der Waals surface area contributed by atoms with E-state index in [-0.39, 0.29) is 18.2 Å². The zero-order chi connectivity index (χ0) is 22.2. The maximum Gasteiger partial charge on any atom is 0.253 e. The Morgan fingerprint density at radius 2 is 1.53 bits per heavy atom. The summed E-state index contributed by atoms with van der Waals surface area (Å²) >= 11 is 0. The molecule has 4 rings (SSSR count). The molecule has 0 atom stereocenters.